The Morgan fingerprint density at radius 2 is 2.38 bits per heavy atom. The fraction of sp³-hybridized carbons (Fsp3) is 0.300. The molecule has 0 aromatic carbocycles. The van der Waals surface area contributed by atoms with Crippen LogP contribution in [-0.2, 0) is 4.79 Å². The third kappa shape index (κ3) is 1.45. The van der Waals surface area contributed by atoms with Crippen molar-refractivity contribution >= 4 is 17.1 Å². The molecule has 2 unspecified atom stereocenters. The van der Waals surface area contributed by atoms with Gasteiger partial charge in [-0.25, -0.2) is 0 Å². The first-order chi connectivity index (χ1) is 6.33. The second kappa shape index (κ2) is 3.44. The van der Waals surface area contributed by atoms with E-state index in [1.807, 2.05) is 17.5 Å². The van der Waals surface area contributed by atoms with Crippen LogP contribution in [0.3, 0.4) is 0 Å². The summed E-state index contributed by atoms with van der Waals surface area (Å²) < 4.78 is 0. The molecule has 0 bridgehead atoms. The number of carbonyl (C=O) groups excluding carboxylic acids is 1. The highest BCUT2D eigenvalue weighted by Gasteiger charge is 2.31. The van der Waals surface area contributed by atoms with E-state index in [9.17, 15) is 4.79 Å². The zero-order chi connectivity index (χ0) is 9.26. The Kier molecular flexibility index (Phi) is 2.29. The van der Waals surface area contributed by atoms with Gasteiger partial charge < -0.3 is 5.11 Å². The standard InChI is InChI=1S/C10H10O2S/c11-6-7-3-4-8(12)10(7)9-2-1-5-13-9/h1-5,7,10-11H,6H2. The first-order valence-corrected chi connectivity index (χ1v) is 5.07. The lowest BCUT2D eigenvalue weighted by Gasteiger charge is -2.13. The molecule has 0 aliphatic heterocycles. The zero-order valence-electron chi connectivity index (χ0n) is 7.01. The molecule has 0 fully saturated rings. The van der Waals surface area contributed by atoms with E-state index in [4.69, 9.17) is 5.11 Å². The lowest BCUT2D eigenvalue weighted by molar-refractivity contribution is -0.116. The van der Waals surface area contributed by atoms with Crippen LogP contribution in [0, 0.1) is 5.92 Å². The summed E-state index contributed by atoms with van der Waals surface area (Å²) in [5, 5.41) is 11.0. The molecule has 0 radical (unpaired) electrons. The molecular weight excluding hydrogens is 184 g/mol. The minimum Gasteiger partial charge on any atom is -0.396 e. The van der Waals surface area contributed by atoms with Crippen molar-refractivity contribution < 1.29 is 9.90 Å². The molecule has 1 N–H and O–H groups in total. The van der Waals surface area contributed by atoms with E-state index in [1.165, 1.54) is 0 Å². The van der Waals surface area contributed by atoms with E-state index in [-0.39, 0.29) is 24.2 Å². The maximum atomic E-state index is 11.5. The summed E-state index contributed by atoms with van der Waals surface area (Å²) in [4.78, 5) is 12.5. The monoisotopic (exact) mass is 194 g/mol. The Morgan fingerprint density at radius 1 is 1.54 bits per heavy atom. The van der Waals surface area contributed by atoms with Gasteiger partial charge in [0.1, 0.15) is 0 Å². The minimum atomic E-state index is -0.134. The van der Waals surface area contributed by atoms with Crippen LogP contribution in [0.1, 0.15) is 10.8 Å². The number of carbonyl (C=O) groups is 1. The first kappa shape index (κ1) is 8.66. The van der Waals surface area contributed by atoms with Gasteiger partial charge in [0.2, 0.25) is 0 Å². The minimum absolute atomic E-state index is 0.0221. The van der Waals surface area contributed by atoms with E-state index >= 15 is 0 Å². The fourth-order valence-electron chi connectivity index (χ4n) is 1.63. The Balaban J connectivity index is 2.28. The Labute approximate surface area is 80.5 Å². The largest absolute Gasteiger partial charge is 0.396 e. The molecule has 0 spiro atoms. The van der Waals surface area contributed by atoms with E-state index in [2.05, 4.69) is 0 Å². The van der Waals surface area contributed by atoms with Crippen molar-refractivity contribution in [2.75, 3.05) is 6.61 Å². The van der Waals surface area contributed by atoms with Crippen molar-refractivity contribution in [1.29, 1.82) is 0 Å². The third-order valence-electron chi connectivity index (χ3n) is 2.30. The molecule has 3 heteroatoms. The Bertz CT molecular complexity index is 327. The number of ketones is 1. The summed E-state index contributed by atoms with van der Waals surface area (Å²) in [6, 6.07) is 3.88. The fourth-order valence-corrected chi connectivity index (χ4v) is 2.54. The van der Waals surface area contributed by atoms with E-state index in [1.54, 1.807) is 23.5 Å². The number of hydrogen-bond donors (Lipinski definition) is 1. The van der Waals surface area contributed by atoms with Crippen molar-refractivity contribution in [3.63, 3.8) is 0 Å². The molecule has 13 heavy (non-hydrogen) atoms. The molecule has 0 saturated heterocycles. The van der Waals surface area contributed by atoms with E-state index in [0.717, 1.165) is 4.88 Å². The molecule has 0 amide bonds. The maximum Gasteiger partial charge on any atom is 0.164 e. The summed E-state index contributed by atoms with van der Waals surface area (Å²) in [7, 11) is 0. The SMILES string of the molecule is O=C1C=CC(CO)C1c1cccs1. The van der Waals surface area contributed by atoms with Crippen LogP contribution in [0.5, 0.6) is 0 Å². The molecule has 0 saturated carbocycles. The predicted octanol–water partition coefficient (Wildman–Crippen LogP) is 1.58. The van der Waals surface area contributed by atoms with Crippen molar-refractivity contribution in [3.8, 4) is 0 Å². The molecule has 2 nitrogen and oxygen atoms in total. The molecule has 1 aromatic rings. The van der Waals surface area contributed by atoms with Crippen LogP contribution in [0.4, 0.5) is 0 Å². The molecule has 1 heterocycles. The second-order valence-corrected chi connectivity index (χ2v) is 4.08. The first-order valence-electron chi connectivity index (χ1n) is 4.19. The summed E-state index contributed by atoms with van der Waals surface area (Å²) in [5.41, 5.74) is 0. The molecule has 1 aliphatic rings. The average molecular weight is 194 g/mol. The Morgan fingerprint density at radius 3 is 3.00 bits per heavy atom. The van der Waals surface area contributed by atoms with Gasteiger partial charge in [-0.3, -0.25) is 4.79 Å². The van der Waals surface area contributed by atoms with Gasteiger partial charge in [0.15, 0.2) is 5.78 Å². The highest BCUT2D eigenvalue weighted by molar-refractivity contribution is 7.10. The van der Waals surface area contributed by atoms with Gasteiger partial charge in [-0.1, -0.05) is 12.1 Å². The molecule has 1 aromatic heterocycles. The van der Waals surface area contributed by atoms with Gasteiger partial charge >= 0.3 is 0 Å². The van der Waals surface area contributed by atoms with Crippen molar-refractivity contribution in [3.05, 3.63) is 34.5 Å². The van der Waals surface area contributed by atoms with Crippen molar-refractivity contribution in [1.82, 2.24) is 0 Å². The molecular formula is C10H10O2S. The van der Waals surface area contributed by atoms with Gasteiger partial charge in [-0.2, -0.15) is 0 Å². The maximum absolute atomic E-state index is 11.5. The Hall–Kier alpha value is -0.930. The van der Waals surface area contributed by atoms with Gasteiger partial charge in [0.25, 0.3) is 0 Å². The molecule has 2 rings (SSSR count). The number of allylic oxidation sites excluding steroid dienone is 1. The third-order valence-corrected chi connectivity index (χ3v) is 3.26. The normalized spacial score (nSPS) is 27.0. The van der Waals surface area contributed by atoms with Crippen LogP contribution >= 0.6 is 11.3 Å². The average Bonchev–Trinajstić information content (AvgIpc) is 2.72. The topological polar surface area (TPSA) is 37.3 Å². The van der Waals surface area contributed by atoms with Crippen LogP contribution < -0.4 is 0 Å². The van der Waals surface area contributed by atoms with Crippen LogP contribution in [0.15, 0.2) is 29.7 Å². The lowest BCUT2D eigenvalue weighted by atomic mass is 9.94. The van der Waals surface area contributed by atoms with Crippen LogP contribution in [-0.4, -0.2) is 17.5 Å². The van der Waals surface area contributed by atoms with E-state index in [0.29, 0.717) is 0 Å². The summed E-state index contributed by atoms with van der Waals surface area (Å²) >= 11 is 1.57. The lowest BCUT2D eigenvalue weighted by Crippen LogP contribution is -2.15. The molecule has 1 aliphatic carbocycles. The number of rotatable bonds is 2. The van der Waals surface area contributed by atoms with Crippen molar-refractivity contribution in [2.24, 2.45) is 5.92 Å². The number of hydrogen-bond acceptors (Lipinski definition) is 3. The predicted molar refractivity (Wildman–Crippen MR) is 51.8 cm³/mol. The number of aliphatic hydroxyl groups is 1. The zero-order valence-corrected chi connectivity index (χ0v) is 7.83. The van der Waals surface area contributed by atoms with Gasteiger partial charge in [0, 0.05) is 10.8 Å². The van der Waals surface area contributed by atoms with Gasteiger partial charge in [0.05, 0.1) is 12.5 Å². The molecule has 68 valence electrons. The van der Waals surface area contributed by atoms with Crippen LogP contribution in [0.2, 0.25) is 0 Å². The quantitative estimate of drug-likeness (QED) is 0.776. The summed E-state index contributed by atoms with van der Waals surface area (Å²) in [6.07, 6.45) is 3.37. The van der Waals surface area contributed by atoms with Crippen molar-refractivity contribution in [2.45, 2.75) is 5.92 Å². The number of thiophene rings is 1. The highest BCUT2D eigenvalue weighted by Crippen LogP contribution is 2.34. The molecule has 2 atom stereocenters. The number of aliphatic hydroxyl groups excluding tert-OH is 1. The summed E-state index contributed by atoms with van der Waals surface area (Å²) in [6.45, 7) is 0.0464. The van der Waals surface area contributed by atoms with Gasteiger partial charge in [-0.15, -0.1) is 11.3 Å². The van der Waals surface area contributed by atoms with E-state index < -0.39 is 0 Å². The second-order valence-electron chi connectivity index (χ2n) is 3.10. The van der Waals surface area contributed by atoms with Crippen LogP contribution in [0.25, 0.3) is 0 Å². The highest BCUT2D eigenvalue weighted by atomic mass is 32.1. The van der Waals surface area contributed by atoms with Gasteiger partial charge in [-0.05, 0) is 17.5 Å². The summed E-state index contributed by atoms with van der Waals surface area (Å²) in [5.74, 6) is -0.0438. The smallest absolute Gasteiger partial charge is 0.164 e.